The molecule has 2 N–H and O–H groups in total. The van der Waals surface area contributed by atoms with Crippen molar-refractivity contribution >= 4 is 37.9 Å². The zero-order valence-electron chi connectivity index (χ0n) is 12.3. The third-order valence-electron chi connectivity index (χ3n) is 3.50. The van der Waals surface area contributed by atoms with Gasteiger partial charge in [0.2, 0.25) is 0 Å². The second kappa shape index (κ2) is 5.91. The first-order valence-electron chi connectivity index (χ1n) is 6.89. The van der Waals surface area contributed by atoms with Gasteiger partial charge in [-0.3, -0.25) is 0 Å². The molecule has 0 radical (unpaired) electrons. The van der Waals surface area contributed by atoms with E-state index in [-0.39, 0.29) is 17.4 Å². The number of likely N-dealkylation sites (N-methyl/N-ethyl adjacent to an activating group) is 1. The van der Waals surface area contributed by atoms with Gasteiger partial charge < -0.3 is 0 Å². The molecule has 0 bridgehead atoms. The van der Waals surface area contributed by atoms with Gasteiger partial charge >= 0.3 is 141 Å². The Hall–Kier alpha value is -2.56. The molecule has 0 unspecified atom stereocenters. The van der Waals surface area contributed by atoms with E-state index in [2.05, 4.69) is 15.6 Å². The van der Waals surface area contributed by atoms with Crippen LogP contribution in [-0.2, 0) is 4.79 Å². The van der Waals surface area contributed by atoms with E-state index in [4.69, 9.17) is 0 Å². The van der Waals surface area contributed by atoms with Gasteiger partial charge in [0.1, 0.15) is 0 Å². The first-order valence-corrected chi connectivity index (χ1v) is 7.75. The quantitative estimate of drug-likeness (QED) is 0.621. The standard InChI is InChI=1S/C17H14N2O3Se/c1-18-15(9-11-7-13(20)10-14(21)8-11)16(22)19(17(18)23)12-5-3-2-4-6-12/h2-10,20-21H,1H3. The number of hydrogen-bond acceptors (Lipinski definition) is 4. The topological polar surface area (TPSA) is 64.0 Å². The van der Waals surface area contributed by atoms with Gasteiger partial charge in [-0.05, 0) is 0 Å². The molecule has 1 heterocycles. The van der Waals surface area contributed by atoms with E-state index in [9.17, 15) is 15.0 Å². The van der Waals surface area contributed by atoms with Crippen molar-refractivity contribution < 1.29 is 15.0 Å². The van der Waals surface area contributed by atoms with Gasteiger partial charge in [-0.1, -0.05) is 0 Å². The number of para-hydroxylation sites is 1. The van der Waals surface area contributed by atoms with Gasteiger partial charge in [0.05, 0.1) is 0 Å². The van der Waals surface area contributed by atoms with Crippen molar-refractivity contribution in [2.45, 2.75) is 0 Å². The number of phenols is 2. The van der Waals surface area contributed by atoms with E-state index in [1.54, 1.807) is 22.9 Å². The molecule has 0 spiro atoms. The molecule has 23 heavy (non-hydrogen) atoms. The van der Waals surface area contributed by atoms with Crippen LogP contribution in [0.25, 0.3) is 6.08 Å². The Bertz CT molecular complexity index is 798. The van der Waals surface area contributed by atoms with Crippen molar-refractivity contribution in [3.8, 4) is 11.5 Å². The second-order valence-electron chi connectivity index (χ2n) is 5.13. The zero-order chi connectivity index (χ0) is 16.6. The number of amides is 1. The molecule has 1 fully saturated rings. The molecule has 2 aromatic carbocycles. The molecule has 1 aliphatic rings. The molecular formula is C17H14N2O3Se. The number of aromatic hydroxyl groups is 2. The SMILES string of the molecule is CN1C(=[Se])N(c2ccccc2)C(=O)C1=Cc1cc(O)cc(O)c1. The number of carbonyl (C=O) groups excluding carboxylic acids is 1. The number of nitrogens with zero attached hydrogens (tertiary/aromatic N) is 2. The summed E-state index contributed by atoms with van der Waals surface area (Å²) < 4.78 is 0.664. The Balaban J connectivity index is 2.02. The van der Waals surface area contributed by atoms with Crippen LogP contribution in [0.3, 0.4) is 0 Å². The zero-order valence-corrected chi connectivity index (χ0v) is 14.0. The summed E-state index contributed by atoms with van der Waals surface area (Å²) in [7, 11) is 1.78. The van der Waals surface area contributed by atoms with Crippen molar-refractivity contribution in [1.82, 2.24) is 4.90 Å². The van der Waals surface area contributed by atoms with Gasteiger partial charge in [0, 0.05) is 0 Å². The second-order valence-corrected chi connectivity index (χ2v) is 5.90. The van der Waals surface area contributed by atoms with Crippen LogP contribution < -0.4 is 4.90 Å². The maximum atomic E-state index is 12.8. The maximum absolute atomic E-state index is 12.8. The summed E-state index contributed by atoms with van der Waals surface area (Å²) in [6, 6.07) is 13.5. The van der Waals surface area contributed by atoms with Crippen LogP contribution in [0.15, 0.2) is 54.2 Å². The van der Waals surface area contributed by atoms with Gasteiger partial charge in [-0.2, -0.15) is 0 Å². The molecule has 1 amide bonds. The minimum absolute atomic E-state index is 0.0582. The molecule has 6 heteroatoms. The minimum atomic E-state index is -0.185. The molecule has 116 valence electrons. The fraction of sp³-hybridized carbons (Fsp3) is 0.0588. The summed E-state index contributed by atoms with van der Waals surface area (Å²) >= 11 is 2.91. The van der Waals surface area contributed by atoms with Crippen LogP contribution in [0.4, 0.5) is 5.69 Å². The van der Waals surface area contributed by atoms with Gasteiger partial charge in [0.25, 0.3) is 0 Å². The fourth-order valence-corrected chi connectivity index (χ4v) is 3.02. The number of rotatable bonds is 2. The molecule has 2 aromatic rings. The predicted molar refractivity (Wildman–Crippen MR) is 90.2 cm³/mol. The number of benzene rings is 2. The number of phenolic OH excluding ortho intramolecular Hbond substituents is 2. The van der Waals surface area contributed by atoms with Crippen LogP contribution in [0.1, 0.15) is 5.56 Å². The normalized spacial score (nSPS) is 16.5. The Labute approximate surface area is 141 Å². The Morgan fingerprint density at radius 1 is 1.04 bits per heavy atom. The molecule has 1 aliphatic heterocycles. The van der Waals surface area contributed by atoms with Crippen molar-refractivity contribution in [1.29, 1.82) is 0 Å². The molecule has 0 aliphatic carbocycles. The first-order chi connectivity index (χ1) is 11.0. The van der Waals surface area contributed by atoms with Crippen molar-refractivity contribution in [2.75, 3.05) is 11.9 Å². The Kier molecular flexibility index (Phi) is 3.94. The Morgan fingerprint density at radius 3 is 2.26 bits per heavy atom. The van der Waals surface area contributed by atoms with Gasteiger partial charge in [0.15, 0.2) is 0 Å². The van der Waals surface area contributed by atoms with E-state index in [1.807, 2.05) is 30.3 Å². The summed E-state index contributed by atoms with van der Waals surface area (Å²) in [5, 5.41) is 19.1. The molecule has 5 nitrogen and oxygen atoms in total. The van der Waals surface area contributed by atoms with Gasteiger partial charge in [-0.25, -0.2) is 0 Å². The number of carbonyl (C=O) groups is 1. The van der Waals surface area contributed by atoms with Crippen LogP contribution in [-0.4, -0.2) is 48.3 Å². The van der Waals surface area contributed by atoms with E-state index in [0.717, 1.165) is 5.69 Å². The van der Waals surface area contributed by atoms with Crippen molar-refractivity contribution in [2.24, 2.45) is 0 Å². The summed E-state index contributed by atoms with van der Waals surface area (Å²) in [6.07, 6.45) is 1.63. The molecule has 0 aromatic heterocycles. The van der Waals surface area contributed by atoms with E-state index in [0.29, 0.717) is 15.9 Å². The first kappa shape index (κ1) is 15.3. The van der Waals surface area contributed by atoms with Crippen molar-refractivity contribution in [3.63, 3.8) is 0 Å². The van der Waals surface area contributed by atoms with E-state index < -0.39 is 0 Å². The number of anilines is 1. The number of hydrogen-bond donors (Lipinski definition) is 2. The summed E-state index contributed by atoms with van der Waals surface area (Å²) in [5.74, 6) is -0.301. The van der Waals surface area contributed by atoms with Crippen LogP contribution in [0.5, 0.6) is 11.5 Å². The molecule has 0 saturated carbocycles. The third-order valence-corrected chi connectivity index (χ3v) is 4.46. The van der Waals surface area contributed by atoms with Gasteiger partial charge in [-0.15, -0.1) is 0 Å². The monoisotopic (exact) mass is 374 g/mol. The van der Waals surface area contributed by atoms with E-state index in [1.165, 1.54) is 18.2 Å². The van der Waals surface area contributed by atoms with E-state index >= 15 is 0 Å². The average Bonchev–Trinajstić information content (AvgIpc) is 2.71. The van der Waals surface area contributed by atoms with Crippen LogP contribution >= 0.6 is 0 Å². The van der Waals surface area contributed by atoms with Crippen LogP contribution in [0, 0.1) is 0 Å². The molecular weight excluding hydrogens is 359 g/mol. The average molecular weight is 373 g/mol. The fourth-order valence-electron chi connectivity index (χ4n) is 2.42. The van der Waals surface area contributed by atoms with Crippen LogP contribution in [0.2, 0.25) is 0 Å². The van der Waals surface area contributed by atoms with Crippen molar-refractivity contribution in [3.05, 3.63) is 59.8 Å². The summed E-state index contributed by atoms with van der Waals surface area (Å²) in [5.41, 5.74) is 1.74. The molecule has 1 saturated heterocycles. The molecule has 0 atom stereocenters. The summed E-state index contributed by atoms with van der Waals surface area (Å²) in [4.78, 5) is 16.1. The summed E-state index contributed by atoms with van der Waals surface area (Å²) in [6.45, 7) is 0. The third kappa shape index (κ3) is 2.86. The Morgan fingerprint density at radius 2 is 1.65 bits per heavy atom. The predicted octanol–water partition coefficient (Wildman–Crippen LogP) is 1.67. The molecule has 3 rings (SSSR count).